The van der Waals surface area contributed by atoms with Crippen molar-refractivity contribution in [1.29, 1.82) is 0 Å². The van der Waals surface area contributed by atoms with Crippen molar-refractivity contribution in [3.8, 4) is 0 Å². The summed E-state index contributed by atoms with van der Waals surface area (Å²) in [5.41, 5.74) is 1.39. The first-order chi connectivity index (χ1) is 13.4. The third kappa shape index (κ3) is 4.52. The summed E-state index contributed by atoms with van der Waals surface area (Å²) in [6.45, 7) is 1.41. The summed E-state index contributed by atoms with van der Waals surface area (Å²) in [6.07, 6.45) is 3.25. The first-order valence-electron chi connectivity index (χ1n) is 9.43. The molecule has 0 unspecified atom stereocenters. The number of benzene rings is 1. The Bertz CT molecular complexity index is 786. The highest BCUT2D eigenvalue weighted by Crippen LogP contribution is 2.37. The number of rotatable bonds is 6. The predicted octanol–water partition coefficient (Wildman–Crippen LogP) is 2.70. The molecule has 1 aromatic rings. The second kappa shape index (κ2) is 8.73. The molecule has 3 rings (SSSR count). The fourth-order valence-corrected chi connectivity index (χ4v) is 4.06. The number of hydrogen-bond acceptors (Lipinski definition) is 5. The molecule has 2 aliphatic rings. The van der Waals surface area contributed by atoms with Gasteiger partial charge in [-0.25, -0.2) is 0 Å². The van der Waals surface area contributed by atoms with Crippen molar-refractivity contribution in [2.24, 2.45) is 11.8 Å². The zero-order chi connectivity index (χ0) is 20.3. The lowest BCUT2D eigenvalue weighted by atomic mass is 9.81. The highest BCUT2D eigenvalue weighted by molar-refractivity contribution is 6.33. The summed E-state index contributed by atoms with van der Waals surface area (Å²) in [4.78, 5) is 49.7. The van der Waals surface area contributed by atoms with Crippen LogP contribution in [0.3, 0.4) is 0 Å². The van der Waals surface area contributed by atoms with Crippen molar-refractivity contribution in [3.05, 3.63) is 28.8 Å². The van der Waals surface area contributed by atoms with Gasteiger partial charge in [-0.05, 0) is 37.5 Å². The molecule has 1 N–H and O–H groups in total. The van der Waals surface area contributed by atoms with Crippen LogP contribution in [0.25, 0.3) is 0 Å². The van der Waals surface area contributed by atoms with Gasteiger partial charge in [-0.3, -0.25) is 24.1 Å². The van der Waals surface area contributed by atoms with Crippen molar-refractivity contribution >= 4 is 41.0 Å². The molecule has 1 aromatic carbocycles. The quantitative estimate of drug-likeness (QED) is 0.579. The predicted molar refractivity (Wildman–Crippen MR) is 103 cm³/mol. The van der Waals surface area contributed by atoms with Crippen LogP contribution in [-0.4, -0.2) is 41.7 Å². The van der Waals surface area contributed by atoms with Crippen LogP contribution >= 0.6 is 11.6 Å². The Morgan fingerprint density at radius 3 is 2.43 bits per heavy atom. The van der Waals surface area contributed by atoms with Crippen molar-refractivity contribution in [3.63, 3.8) is 0 Å². The zero-order valence-electron chi connectivity index (χ0n) is 15.7. The molecule has 8 heteroatoms. The maximum atomic E-state index is 12.4. The van der Waals surface area contributed by atoms with Gasteiger partial charge in [0.1, 0.15) is 0 Å². The molecule has 0 aromatic heterocycles. The molecule has 1 aliphatic heterocycles. The Labute approximate surface area is 168 Å². The Morgan fingerprint density at radius 1 is 1.18 bits per heavy atom. The lowest BCUT2D eigenvalue weighted by molar-refractivity contribution is -0.148. The van der Waals surface area contributed by atoms with Crippen LogP contribution in [0.1, 0.15) is 37.7 Å². The molecule has 1 heterocycles. The van der Waals surface area contributed by atoms with Crippen LogP contribution in [0.5, 0.6) is 0 Å². The normalized spacial score (nSPS) is 21.4. The molecule has 0 bridgehead atoms. The summed E-state index contributed by atoms with van der Waals surface area (Å²) in [5.74, 6) is -1.99. The lowest BCUT2D eigenvalue weighted by Gasteiger charge is -2.19. The molecule has 1 aliphatic carbocycles. The van der Waals surface area contributed by atoms with Crippen LogP contribution in [-0.2, 0) is 23.9 Å². The molecular weight excluding hydrogens is 384 g/mol. The van der Waals surface area contributed by atoms with Crippen molar-refractivity contribution in [1.82, 2.24) is 4.90 Å². The maximum absolute atomic E-state index is 12.4. The van der Waals surface area contributed by atoms with E-state index < -0.39 is 18.5 Å². The average molecular weight is 407 g/mol. The fraction of sp³-hybridized carbons (Fsp3) is 0.500. The van der Waals surface area contributed by atoms with E-state index in [1.165, 1.54) is 4.90 Å². The van der Waals surface area contributed by atoms with Gasteiger partial charge in [-0.1, -0.05) is 30.5 Å². The molecule has 2 atom stereocenters. The SMILES string of the molecule is Cc1ccc(NC(=O)COC(=O)CCN2C(=O)[C@@H]3CCCC[C@H]3C2=O)c(Cl)c1. The van der Waals surface area contributed by atoms with E-state index in [-0.39, 0.29) is 36.6 Å². The van der Waals surface area contributed by atoms with Crippen LogP contribution in [0, 0.1) is 18.8 Å². The van der Waals surface area contributed by atoms with Crippen molar-refractivity contribution < 1.29 is 23.9 Å². The second-order valence-corrected chi connectivity index (χ2v) is 7.67. The van der Waals surface area contributed by atoms with Gasteiger partial charge in [0.05, 0.1) is 29.0 Å². The van der Waals surface area contributed by atoms with E-state index in [0.717, 1.165) is 31.2 Å². The number of nitrogens with one attached hydrogen (secondary N) is 1. The van der Waals surface area contributed by atoms with Gasteiger partial charge >= 0.3 is 5.97 Å². The number of fused-ring (bicyclic) bond motifs is 1. The lowest BCUT2D eigenvalue weighted by Crippen LogP contribution is -2.33. The van der Waals surface area contributed by atoms with Gasteiger partial charge in [-0.15, -0.1) is 0 Å². The maximum Gasteiger partial charge on any atom is 0.308 e. The van der Waals surface area contributed by atoms with Gasteiger partial charge in [0.2, 0.25) is 11.8 Å². The molecule has 0 spiro atoms. The smallest absolute Gasteiger partial charge is 0.308 e. The summed E-state index contributed by atoms with van der Waals surface area (Å²) >= 11 is 6.05. The zero-order valence-corrected chi connectivity index (χ0v) is 16.5. The van der Waals surface area contributed by atoms with E-state index >= 15 is 0 Å². The van der Waals surface area contributed by atoms with Crippen LogP contribution < -0.4 is 5.32 Å². The van der Waals surface area contributed by atoms with Crippen LogP contribution in [0.15, 0.2) is 18.2 Å². The fourth-order valence-electron chi connectivity index (χ4n) is 3.78. The number of ether oxygens (including phenoxy) is 1. The number of carbonyl (C=O) groups is 4. The summed E-state index contributed by atoms with van der Waals surface area (Å²) in [7, 11) is 0. The number of nitrogens with zero attached hydrogens (tertiary/aromatic N) is 1. The Morgan fingerprint density at radius 2 is 1.82 bits per heavy atom. The summed E-state index contributed by atoms with van der Waals surface area (Å²) in [6, 6.07) is 5.18. The number of amides is 3. The minimum Gasteiger partial charge on any atom is -0.456 e. The Hall–Kier alpha value is -2.41. The Balaban J connectivity index is 1.44. The number of carbonyl (C=O) groups excluding carboxylic acids is 4. The standard InChI is InChI=1S/C20H23ClN2O5/c1-12-6-7-16(15(21)10-12)22-17(24)11-28-18(25)8-9-23-19(26)13-4-2-3-5-14(13)20(23)27/h6-7,10,13-14H,2-5,8-9,11H2,1H3,(H,22,24)/t13-,14-/m1/s1. The largest absolute Gasteiger partial charge is 0.456 e. The van der Waals surface area contributed by atoms with Crippen LogP contribution in [0.4, 0.5) is 5.69 Å². The highest BCUT2D eigenvalue weighted by Gasteiger charge is 2.47. The number of imide groups is 1. The molecular formula is C20H23ClN2O5. The summed E-state index contributed by atoms with van der Waals surface area (Å²) in [5, 5.41) is 2.97. The number of likely N-dealkylation sites (tertiary alicyclic amines) is 1. The van der Waals surface area contributed by atoms with E-state index in [2.05, 4.69) is 5.32 Å². The van der Waals surface area contributed by atoms with Crippen molar-refractivity contribution in [2.75, 3.05) is 18.5 Å². The van der Waals surface area contributed by atoms with E-state index in [0.29, 0.717) is 10.7 Å². The number of anilines is 1. The number of aryl methyl sites for hydroxylation is 1. The van der Waals surface area contributed by atoms with Gasteiger partial charge in [0.15, 0.2) is 6.61 Å². The minimum absolute atomic E-state index is 0.00505. The number of hydrogen-bond donors (Lipinski definition) is 1. The van der Waals surface area contributed by atoms with Gasteiger partial charge in [0.25, 0.3) is 5.91 Å². The molecule has 1 saturated carbocycles. The number of halogens is 1. The first kappa shape index (κ1) is 20.3. The third-order valence-corrected chi connectivity index (χ3v) is 5.55. The highest BCUT2D eigenvalue weighted by atomic mass is 35.5. The van der Waals surface area contributed by atoms with E-state index in [4.69, 9.17) is 16.3 Å². The molecule has 150 valence electrons. The van der Waals surface area contributed by atoms with E-state index in [1.54, 1.807) is 18.2 Å². The van der Waals surface area contributed by atoms with Gasteiger partial charge in [-0.2, -0.15) is 0 Å². The third-order valence-electron chi connectivity index (χ3n) is 5.23. The minimum atomic E-state index is -0.638. The Kier molecular flexibility index (Phi) is 6.34. The second-order valence-electron chi connectivity index (χ2n) is 7.27. The van der Waals surface area contributed by atoms with Crippen LogP contribution in [0.2, 0.25) is 5.02 Å². The molecule has 28 heavy (non-hydrogen) atoms. The molecule has 2 fully saturated rings. The van der Waals surface area contributed by atoms with Gasteiger partial charge < -0.3 is 10.1 Å². The van der Waals surface area contributed by atoms with Gasteiger partial charge in [0, 0.05) is 6.54 Å². The molecule has 3 amide bonds. The van der Waals surface area contributed by atoms with E-state index in [1.807, 2.05) is 6.92 Å². The monoisotopic (exact) mass is 406 g/mol. The first-order valence-corrected chi connectivity index (χ1v) is 9.81. The average Bonchev–Trinajstić information content (AvgIpc) is 2.91. The molecule has 1 saturated heterocycles. The molecule has 0 radical (unpaired) electrons. The summed E-state index contributed by atoms with van der Waals surface area (Å²) < 4.78 is 4.95. The number of esters is 1. The van der Waals surface area contributed by atoms with E-state index in [9.17, 15) is 19.2 Å². The topological polar surface area (TPSA) is 92.8 Å². The molecule has 7 nitrogen and oxygen atoms in total. The van der Waals surface area contributed by atoms with Crippen molar-refractivity contribution in [2.45, 2.75) is 39.0 Å².